The highest BCUT2D eigenvalue weighted by Gasteiger charge is 2.44. The first-order valence-corrected chi connectivity index (χ1v) is 11.0. The molecule has 1 fully saturated rings. The van der Waals surface area contributed by atoms with Gasteiger partial charge in [-0.2, -0.15) is 0 Å². The fourth-order valence-electron chi connectivity index (χ4n) is 4.42. The third-order valence-corrected chi connectivity index (χ3v) is 7.41. The minimum atomic E-state index is 0.202. The maximum absolute atomic E-state index is 4.98. The molecule has 2 aliphatic carbocycles. The standard InChI is InChI=1S/C23H21N5S/c1-4-17-18(5-1)29-22-19(17)21(27-20(28-22)15-3-2-10-25-13-15)26-14-23(8-9-23)16-6-11-24-12-7-16/h2-3,6-7,10-13H,1,4-5,8-9,14H2,(H,26,27,28). The summed E-state index contributed by atoms with van der Waals surface area (Å²) in [6.07, 6.45) is 13.4. The van der Waals surface area contributed by atoms with Gasteiger partial charge in [0.15, 0.2) is 5.82 Å². The van der Waals surface area contributed by atoms with E-state index in [-0.39, 0.29) is 5.41 Å². The van der Waals surface area contributed by atoms with Crippen LogP contribution >= 0.6 is 11.3 Å². The first-order chi connectivity index (χ1) is 14.3. The molecule has 0 bridgehead atoms. The van der Waals surface area contributed by atoms with E-state index in [0.29, 0.717) is 0 Å². The molecule has 4 heterocycles. The highest BCUT2D eigenvalue weighted by atomic mass is 32.1. The molecule has 144 valence electrons. The van der Waals surface area contributed by atoms with E-state index < -0.39 is 0 Å². The van der Waals surface area contributed by atoms with Crippen molar-refractivity contribution in [2.45, 2.75) is 37.5 Å². The van der Waals surface area contributed by atoms with Gasteiger partial charge >= 0.3 is 0 Å². The molecule has 4 aromatic rings. The molecule has 1 N–H and O–H groups in total. The Kier molecular flexibility index (Phi) is 3.87. The molecule has 29 heavy (non-hydrogen) atoms. The molecule has 0 atom stereocenters. The van der Waals surface area contributed by atoms with E-state index in [0.717, 1.165) is 35.0 Å². The predicted octanol–water partition coefficient (Wildman–Crippen LogP) is 4.78. The van der Waals surface area contributed by atoms with Gasteiger partial charge in [0, 0.05) is 47.2 Å². The lowest BCUT2D eigenvalue weighted by atomic mass is 9.97. The van der Waals surface area contributed by atoms with Gasteiger partial charge in [0.2, 0.25) is 0 Å². The Morgan fingerprint density at radius 3 is 2.69 bits per heavy atom. The molecule has 0 aliphatic heterocycles. The molecule has 0 unspecified atom stereocenters. The molecule has 4 aromatic heterocycles. The number of hydrogen-bond donors (Lipinski definition) is 1. The van der Waals surface area contributed by atoms with E-state index in [2.05, 4.69) is 27.4 Å². The normalized spacial score (nSPS) is 16.7. The molecule has 6 heteroatoms. The van der Waals surface area contributed by atoms with Crippen LogP contribution in [0.3, 0.4) is 0 Å². The van der Waals surface area contributed by atoms with E-state index in [1.807, 2.05) is 42.1 Å². The summed E-state index contributed by atoms with van der Waals surface area (Å²) < 4.78 is 0. The van der Waals surface area contributed by atoms with Crippen LogP contribution in [0.2, 0.25) is 0 Å². The first kappa shape index (κ1) is 17.0. The average Bonchev–Trinajstić information content (AvgIpc) is 3.30. The van der Waals surface area contributed by atoms with Crippen molar-refractivity contribution in [3.63, 3.8) is 0 Å². The summed E-state index contributed by atoms with van der Waals surface area (Å²) in [6.45, 7) is 0.889. The third kappa shape index (κ3) is 2.90. The van der Waals surface area contributed by atoms with Crippen molar-refractivity contribution in [1.82, 2.24) is 19.9 Å². The molecular formula is C23H21N5S. The van der Waals surface area contributed by atoms with E-state index in [4.69, 9.17) is 9.97 Å². The van der Waals surface area contributed by atoms with Crippen LogP contribution in [0, 0.1) is 0 Å². The van der Waals surface area contributed by atoms with Crippen LogP contribution in [-0.4, -0.2) is 26.5 Å². The maximum atomic E-state index is 4.98. The van der Waals surface area contributed by atoms with E-state index in [1.165, 1.54) is 47.1 Å². The van der Waals surface area contributed by atoms with Crippen molar-refractivity contribution in [3.05, 3.63) is 65.1 Å². The fraction of sp³-hybridized carbons (Fsp3) is 0.304. The van der Waals surface area contributed by atoms with Crippen molar-refractivity contribution in [2.24, 2.45) is 0 Å². The predicted molar refractivity (Wildman–Crippen MR) is 116 cm³/mol. The number of hydrogen-bond acceptors (Lipinski definition) is 6. The Labute approximate surface area is 173 Å². The summed E-state index contributed by atoms with van der Waals surface area (Å²) in [5.74, 6) is 1.73. The van der Waals surface area contributed by atoms with Crippen LogP contribution in [0.4, 0.5) is 5.82 Å². The lowest BCUT2D eigenvalue weighted by molar-refractivity contribution is 0.729. The Balaban J connectivity index is 1.41. The van der Waals surface area contributed by atoms with E-state index in [1.54, 1.807) is 6.20 Å². The van der Waals surface area contributed by atoms with Crippen LogP contribution < -0.4 is 5.32 Å². The number of nitrogens with one attached hydrogen (secondary N) is 1. The summed E-state index contributed by atoms with van der Waals surface area (Å²) in [7, 11) is 0. The van der Waals surface area contributed by atoms with Gasteiger partial charge in [-0.25, -0.2) is 9.97 Å². The quantitative estimate of drug-likeness (QED) is 0.523. The van der Waals surface area contributed by atoms with E-state index in [9.17, 15) is 0 Å². The average molecular weight is 400 g/mol. The number of nitrogens with zero attached hydrogens (tertiary/aromatic N) is 4. The summed E-state index contributed by atoms with van der Waals surface area (Å²) in [5.41, 5.74) is 3.99. The lowest BCUT2D eigenvalue weighted by Crippen LogP contribution is -2.20. The number of thiophene rings is 1. The monoisotopic (exact) mass is 399 g/mol. The number of fused-ring (bicyclic) bond motifs is 3. The van der Waals surface area contributed by atoms with Gasteiger partial charge in [0.25, 0.3) is 0 Å². The number of pyridine rings is 2. The smallest absolute Gasteiger partial charge is 0.164 e. The molecule has 6 rings (SSSR count). The van der Waals surface area contributed by atoms with Crippen LogP contribution in [0.15, 0.2) is 49.1 Å². The van der Waals surface area contributed by atoms with Gasteiger partial charge in [-0.15, -0.1) is 11.3 Å². The van der Waals surface area contributed by atoms with Crippen LogP contribution in [0.1, 0.15) is 35.3 Å². The zero-order valence-electron chi connectivity index (χ0n) is 16.1. The second-order valence-electron chi connectivity index (χ2n) is 8.04. The number of aryl methyl sites for hydroxylation is 2. The summed E-state index contributed by atoms with van der Waals surface area (Å²) in [4.78, 5) is 20.9. The first-order valence-electron chi connectivity index (χ1n) is 10.2. The summed E-state index contributed by atoms with van der Waals surface area (Å²) in [6, 6.07) is 8.26. The number of anilines is 1. The summed E-state index contributed by atoms with van der Waals surface area (Å²) >= 11 is 1.83. The molecule has 0 saturated heterocycles. The largest absolute Gasteiger partial charge is 0.369 e. The van der Waals surface area contributed by atoms with Crippen molar-refractivity contribution >= 4 is 27.4 Å². The minimum absolute atomic E-state index is 0.202. The third-order valence-electron chi connectivity index (χ3n) is 6.22. The molecular weight excluding hydrogens is 378 g/mol. The Hall–Kier alpha value is -2.86. The number of aromatic nitrogens is 4. The van der Waals surface area contributed by atoms with Gasteiger partial charge in [0.1, 0.15) is 10.6 Å². The Morgan fingerprint density at radius 1 is 1.00 bits per heavy atom. The molecule has 2 aliphatic rings. The molecule has 5 nitrogen and oxygen atoms in total. The summed E-state index contributed by atoms with van der Waals surface area (Å²) in [5, 5.41) is 4.97. The zero-order chi connectivity index (χ0) is 19.3. The molecule has 0 spiro atoms. The van der Waals surface area contributed by atoms with E-state index >= 15 is 0 Å². The molecule has 0 aromatic carbocycles. The molecule has 1 saturated carbocycles. The van der Waals surface area contributed by atoms with Crippen LogP contribution in [0.5, 0.6) is 0 Å². The second-order valence-corrected chi connectivity index (χ2v) is 9.13. The number of rotatable bonds is 5. The zero-order valence-corrected chi connectivity index (χ0v) is 16.9. The lowest BCUT2D eigenvalue weighted by Gasteiger charge is -2.18. The van der Waals surface area contributed by atoms with Gasteiger partial charge in [0.05, 0.1) is 5.39 Å². The fourth-order valence-corrected chi connectivity index (χ4v) is 5.69. The highest BCUT2D eigenvalue weighted by Crippen LogP contribution is 2.48. The van der Waals surface area contributed by atoms with Crippen molar-refractivity contribution in [1.29, 1.82) is 0 Å². The second kappa shape index (κ2) is 6.59. The molecule has 0 amide bonds. The van der Waals surface area contributed by atoms with Gasteiger partial charge in [-0.3, -0.25) is 9.97 Å². The van der Waals surface area contributed by atoms with Gasteiger partial charge < -0.3 is 5.32 Å². The maximum Gasteiger partial charge on any atom is 0.164 e. The Bertz CT molecular complexity index is 1180. The van der Waals surface area contributed by atoms with Crippen molar-refractivity contribution in [2.75, 3.05) is 11.9 Å². The van der Waals surface area contributed by atoms with Crippen LogP contribution in [0.25, 0.3) is 21.6 Å². The Morgan fingerprint density at radius 2 is 1.90 bits per heavy atom. The van der Waals surface area contributed by atoms with Crippen molar-refractivity contribution < 1.29 is 0 Å². The van der Waals surface area contributed by atoms with Gasteiger partial charge in [-0.1, -0.05) is 0 Å². The minimum Gasteiger partial charge on any atom is -0.369 e. The molecule has 0 radical (unpaired) electrons. The SMILES string of the molecule is c1cncc(-c2nc(NCC3(c4ccncc4)CC3)c3c4c(sc3n2)CCC4)c1. The topological polar surface area (TPSA) is 63.6 Å². The highest BCUT2D eigenvalue weighted by molar-refractivity contribution is 7.19. The van der Waals surface area contributed by atoms with Crippen molar-refractivity contribution in [3.8, 4) is 11.4 Å². The van der Waals surface area contributed by atoms with Gasteiger partial charge in [-0.05, 0) is 67.5 Å². The van der Waals surface area contributed by atoms with Crippen LogP contribution in [-0.2, 0) is 18.3 Å².